The minimum atomic E-state index is -0.0735. The lowest BCUT2D eigenvalue weighted by atomic mass is 10.1. The van der Waals surface area contributed by atoms with Gasteiger partial charge in [0.05, 0.1) is 0 Å². The van der Waals surface area contributed by atoms with Crippen LogP contribution in [0.1, 0.15) is 30.3 Å². The minimum Gasteiger partial charge on any atom is -0.483 e. The maximum atomic E-state index is 5.86. The molecule has 1 aromatic carbocycles. The molecule has 0 aliphatic rings. The summed E-state index contributed by atoms with van der Waals surface area (Å²) in [7, 11) is 0. The Bertz CT molecular complexity index is 494. The van der Waals surface area contributed by atoms with E-state index < -0.39 is 0 Å². The van der Waals surface area contributed by atoms with Crippen LogP contribution in [-0.2, 0) is 6.61 Å². The van der Waals surface area contributed by atoms with E-state index in [-0.39, 0.29) is 12.6 Å². The third-order valence-electron chi connectivity index (χ3n) is 2.33. The van der Waals surface area contributed by atoms with Crippen LogP contribution in [0.25, 0.3) is 0 Å². The van der Waals surface area contributed by atoms with Crippen molar-refractivity contribution >= 4 is 0 Å². The fraction of sp³-hybridized carbons (Fsp3) is 0.333. The van der Waals surface area contributed by atoms with Crippen LogP contribution in [0.4, 0.5) is 0 Å². The third kappa shape index (κ3) is 2.82. The van der Waals surface area contributed by atoms with E-state index >= 15 is 0 Å². The van der Waals surface area contributed by atoms with Crippen molar-refractivity contribution in [2.24, 2.45) is 5.73 Å². The van der Waals surface area contributed by atoms with Gasteiger partial charge in [0.1, 0.15) is 5.75 Å². The average Bonchev–Trinajstić information content (AvgIpc) is 2.73. The zero-order valence-corrected chi connectivity index (χ0v) is 9.88. The van der Waals surface area contributed by atoms with Gasteiger partial charge >= 0.3 is 0 Å². The molecule has 2 aromatic rings. The Kier molecular flexibility index (Phi) is 3.39. The molecule has 0 fully saturated rings. The van der Waals surface area contributed by atoms with Gasteiger partial charge in [0.25, 0.3) is 5.89 Å². The lowest BCUT2D eigenvalue weighted by Crippen LogP contribution is -2.08. The molecular weight excluding hydrogens is 218 g/mol. The Morgan fingerprint density at radius 3 is 2.76 bits per heavy atom. The summed E-state index contributed by atoms with van der Waals surface area (Å²) in [6.07, 6.45) is 0. The molecule has 2 rings (SSSR count). The van der Waals surface area contributed by atoms with Gasteiger partial charge in [-0.3, -0.25) is 0 Å². The highest BCUT2D eigenvalue weighted by atomic mass is 16.5. The fourth-order valence-electron chi connectivity index (χ4n) is 1.52. The summed E-state index contributed by atoms with van der Waals surface area (Å²) in [5, 5.41) is 7.60. The lowest BCUT2D eigenvalue weighted by Gasteiger charge is -2.12. The highest BCUT2D eigenvalue weighted by Gasteiger charge is 2.09. The van der Waals surface area contributed by atoms with E-state index in [4.69, 9.17) is 14.9 Å². The molecule has 2 N–H and O–H groups in total. The first-order valence-corrected chi connectivity index (χ1v) is 5.43. The molecular formula is C12H15N3O2. The van der Waals surface area contributed by atoms with Gasteiger partial charge < -0.3 is 14.9 Å². The van der Waals surface area contributed by atoms with Gasteiger partial charge in [0.15, 0.2) is 6.61 Å². The second-order valence-corrected chi connectivity index (χ2v) is 3.83. The van der Waals surface area contributed by atoms with Gasteiger partial charge in [0, 0.05) is 18.5 Å². The van der Waals surface area contributed by atoms with Crippen molar-refractivity contribution < 1.29 is 9.15 Å². The number of ether oxygens (including phenoxy) is 1. The van der Waals surface area contributed by atoms with Gasteiger partial charge in [0.2, 0.25) is 5.89 Å². The van der Waals surface area contributed by atoms with Gasteiger partial charge in [-0.25, -0.2) is 0 Å². The summed E-state index contributed by atoms with van der Waals surface area (Å²) in [5.41, 5.74) is 6.82. The normalized spacial score (nSPS) is 12.4. The molecule has 90 valence electrons. The molecule has 1 atom stereocenters. The van der Waals surface area contributed by atoms with E-state index in [0.29, 0.717) is 11.8 Å². The van der Waals surface area contributed by atoms with E-state index in [0.717, 1.165) is 11.3 Å². The number of hydrogen-bond donors (Lipinski definition) is 1. The largest absolute Gasteiger partial charge is 0.483 e. The Hall–Kier alpha value is -1.88. The second kappa shape index (κ2) is 4.97. The molecule has 0 amide bonds. The van der Waals surface area contributed by atoms with Crippen LogP contribution in [0.3, 0.4) is 0 Å². The predicted molar refractivity (Wildman–Crippen MR) is 62.4 cm³/mol. The van der Waals surface area contributed by atoms with Crippen molar-refractivity contribution in [3.05, 3.63) is 41.6 Å². The second-order valence-electron chi connectivity index (χ2n) is 3.83. The molecule has 1 heterocycles. The number of nitrogens with two attached hydrogens (primary N) is 1. The Balaban J connectivity index is 2.08. The summed E-state index contributed by atoms with van der Waals surface area (Å²) in [4.78, 5) is 0. The number of hydrogen-bond acceptors (Lipinski definition) is 5. The molecule has 5 heteroatoms. The van der Waals surface area contributed by atoms with E-state index in [1.807, 2.05) is 31.2 Å². The summed E-state index contributed by atoms with van der Waals surface area (Å²) in [5.74, 6) is 1.74. The van der Waals surface area contributed by atoms with Crippen molar-refractivity contribution in [1.29, 1.82) is 0 Å². The van der Waals surface area contributed by atoms with Gasteiger partial charge in [-0.2, -0.15) is 0 Å². The summed E-state index contributed by atoms with van der Waals surface area (Å²) < 4.78 is 10.8. The first-order valence-electron chi connectivity index (χ1n) is 5.43. The minimum absolute atomic E-state index is 0.0735. The van der Waals surface area contributed by atoms with Crippen molar-refractivity contribution in [1.82, 2.24) is 10.2 Å². The van der Waals surface area contributed by atoms with Gasteiger partial charge in [-0.05, 0) is 13.0 Å². The molecule has 0 spiro atoms. The molecule has 0 aliphatic heterocycles. The number of aromatic nitrogens is 2. The zero-order valence-electron chi connectivity index (χ0n) is 9.88. The van der Waals surface area contributed by atoms with Crippen LogP contribution in [0.2, 0.25) is 0 Å². The van der Waals surface area contributed by atoms with Crippen LogP contribution >= 0.6 is 0 Å². The van der Waals surface area contributed by atoms with Gasteiger partial charge in [-0.1, -0.05) is 18.2 Å². The summed E-state index contributed by atoms with van der Waals surface area (Å²) in [6, 6.07) is 7.58. The number of benzene rings is 1. The molecule has 1 aromatic heterocycles. The number of para-hydroxylation sites is 1. The standard InChI is InChI=1S/C12H15N3O2/c1-8(13)10-5-3-4-6-11(10)16-7-12-15-14-9(2)17-12/h3-6,8H,7,13H2,1-2H3/t8-/m0/s1. The van der Waals surface area contributed by atoms with Crippen LogP contribution in [0.5, 0.6) is 5.75 Å². The van der Waals surface area contributed by atoms with Crippen LogP contribution in [-0.4, -0.2) is 10.2 Å². The molecule has 0 unspecified atom stereocenters. The Morgan fingerprint density at radius 2 is 2.12 bits per heavy atom. The summed E-state index contributed by atoms with van der Waals surface area (Å²) in [6.45, 7) is 3.91. The van der Waals surface area contributed by atoms with Crippen LogP contribution in [0, 0.1) is 6.92 Å². The molecule has 0 radical (unpaired) electrons. The Morgan fingerprint density at radius 1 is 1.35 bits per heavy atom. The van der Waals surface area contributed by atoms with Crippen molar-refractivity contribution in [2.75, 3.05) is 0 Å². The average molecular weight is 233 g/mol. The smallest absolute Gasteiger partial charge is 0.253 e. The first-order chi connectivity index (χ1) is 8.16. The maximum absolute atomic E-state index is 5.86. The van der Waals surface area contributed by atoms with E-state index in [1.54, 1.807) is 6.92 Å². The number of rotatable bonds is 4. The monoisotopic (exact) mass is 233 g/mol. The van der Waals surface area contributed by atoms with E-state index in [9.17, 15) is 0 Å². The predicted octanol–water partition coefficient (Wildman–Crippen LogP) is 1.98. The molecule has 0 saturated heterocycles. The Labute approximate surface area is 99.6 Å². The summed E-state index contributed by atoms with van der Waals surface area (Å²) >= 11 is 0. The molecule has 0 aliphatic carbocycles. The SMILES string of the molecule is Cc1nnc(COc2ccccc2[C@H](C)N)o1. The highest BCUT2D eigenvalue weighted by Crippen LogP contribution is 2.23. The van der Waals surface area contributed by atoms with Gasteiger partial charge in [-0.15, -0.1) is 10.2 Å². The molecule has 0 saturated carbocycles. The molecule has 0 bridgehead atoms. The molecule has 17 heavy (non-hydrogen) atoms. The highest BCUT2D eigenvalue weighted by molar-refractivity contribution is 5.35. The fourth-order valence-corrected chi connectivity index (χ4v) is 1.52. The van der Waals surface area contributed by atoms with Crippen molar-refractivity contribution in [3.8, 4) is 5.75 Å². The lowest BCUT2D eigenvalue weighted by molar-refractivity contribution is 0.257. The molecule has 5 nitrogen and oxygen atoms in total. The number of aryl methyl sites for hydroxylation is 1. The maximum Gasteiger partial charge on any atom is 0.253 e. The first kappa shape index (κ1) is 11.6. The van der Waals surface area contributed by atoms with Crippen molar-refractivity contribution in [3.63, 3.8) is 0 Å². The van der Waals surface area contributed by atoms with Crippen molar-refractivity contribution in [2.45, 2.75) is 26.5 Å². The quantitative estimate of drug-likeness (QED) is 0.873. The van der Waals surface area contributed by atoms with Crippen LogP contribution in [0.15, 0.2) is 28.7 Å². The van der Waals surface area contributed by atoms with Crippen LogP contribution < -0.4 is 10.5 Å². The number of nitrogens with zero attached hydrogens (tertiary/aromatic N) is 2. The van der Waals surface area contributed by atoms with E-state index in [2.05, 4.69) is 10.2 Å². The van der Waals surface area contributed by atoms with E-state index in [1.165, 1.54) is 0 Å². The topological polar surface area (TPSA) is 74.2 Å². The zero-order chi connectivity index (χ0) is 12.3. The third-order valence-corrected chi connectivity index (χ3v) is 2.33.